The van der Waals surface area contributed by atoms with Crippen molar-refractivity contribution in [3.63, 3.8) is 0 Å². The lowest BCUT2D eigenvalue weighted by Crippen LogP contribution is -1.89. The molecule has 0 aliphatic rings. The first kappa shape index (κ1) is 11.9. The Bertz CT molecular complexity index is 712. The molecule has 0 spiro atoms. The van der Waals surface area contributed by atoms with Gasteiger partial charge in [0, 0.05) is 22.4 Å². The molecular weight excluding hydrogens is 308 g/mol. The number of aromatic nitrogens is 3. The van der Waals surface area contributed by atoms with Crippen LogP contribution in [0.15, 0.2) is 52.0 Å². The lowest BCUT2D eigenvalue weighted by atomic mass is 10.0. The molecule has 5 nitrogen and oxygen atoms in total. The zero-order valence-electron chi connectivity index (χ0n) is 9.75. The Morgan fingerprint density at radius 1 is 1.11 bits per heavy atom. The van der Waals surface area contributed by atoms with Gasteiger partial charge in [0.25, 0.3) is 0 Å². The predicted octanol–water partition coefficient (Wildman–Crippen LogP) is 3.14. The maximum absolute atomic E-state index is 5.88. The maximum atomic E-state index is 5.88. The Morgan fingerprint density at radius 2 is 1.89 bits per heavy atom. The summed E-state index contributed by atoms with van der Waals surface area (Å²) in [4.78, 5) is 7.96. The number of benzene rings is 1. The van der Waals surface area contributed by atoms with Crippen LogP contribution in [0.1, 0.15) is 0 Å². The van der Waals surface area contributed by atoms with E-state index in [-0.39, 0.29) is 5.88 Å². The predicted molar refractivity (Wildman–Crippen MR) is 75.1 cm³/mol. The molecule has 0 amide bonds. The minimum absolute atomic E-state index is 0.275. The van der Waals surface area contributed by atoms with Gasteiger partial charge in [-0.05, 0) is 17.7 Å². The Morgan fingerprint density at radius 3 is 2.63 bits per heavy atom. The van der Waals surface area contributed by atoms with Gasteiger partial charge in [-0.2, -0.15) is 0 Å². The summed E-state index contributed by atoms with van der Waals surface area (Å²) in [5, 5.41) is 4.00. The molecule has 0 radical (unpaired) electrons. The molecule has 19 heavy (non-hydrogen) atoms. The fourth-order valence-corrected chi connectivity index (χ4v) is 2.24. The summed E-state index contributed by atoms with van der Waals surface area (Å²) in [6.07, 6.45) is 4.81. The SMILES string of the molecule is Nc1onc(-c2cncnc2)c1-c1cccc(Br)c1. The molecule has 2 N–H and O–H groups in total. The van der Waals surface area contributed by atoms with Crippen LogP contribution in [0.3, 0.4) is 0 Å². The molecule has 0 saturated heterocycles. The summed E-state index contributed by atoms with van der Waals surface area (Å²) in [5.74, 6) is 0.275. The van der Waals surface area contributed by atoms with E-state index in [2.05, 4.69) is 31.1 Å². The highest BCUT2D eigenvalue weighted by Crippen LogP contribution is 2.36. The van der Waals surface area contributed by atoms with Crippen molar-refractivity contribution in [2.75, 3.05) is 5.73 Å². The van der Waals surface area contributed by atoms with Gasteiger partial charge in [0.05, 0.1) is 5.56 Å². The summed E-state index contributed by atoms with van der Waals surface area (Å²) in [5.41, 5.74) is 8.94. The van der Waals surface area contributed by atoms with E-state index in [9.17, 15) is 0 Å². The molecule has 3 aromatic rings. The van der Waals surface area contributed by atoms with Crippen molar-refractivity contribution in [2.45, 2.75) is 0 Å². The molecule has 0 saturated carbocycles. The molecule has 0 aliphatic heterocycles. The number of rotatable bonds is 2. The van der Waals surface area contributed by atoms with E-state index in [1.54, 1.807) is 12.4 Å². The van der Waals surface area contributed by atoms with Gasteiger partial charge in [0.15, 0.2) is 0 Å². The minimum atomic E-state index is 0.275. The monoisotopic (exact) mass is 316 g/mol. The zero-order valence-corrected chi connectivity index (χ0v) is 11.3. The normalized spacial score (nSPS) is 10.6. The average molecular weight is 317 g/mol. The molecule has 3 rings (SSSR count). The van der Waals surface area contributed by atoms with E-state index >= 15 is 0 Å². The van der Waals surface area contributed by atoms with E-state index in [0.717, 1.165) is 21.2 Å². The number of anilines is 1. The maximum Gasteiger partial charge on any atom is 0.230 e. The lowest BCUT2D eigenvalue weighted by molar-refractivity contribution is 0.439. The number of hydrogen-bond donors (Lipinski definition) is 1. The van der Waals surface area contributed by atoms with Crippen molar-refractivity contribution in [3.05, 3.63) is 47.5 Å². The van der Waals surface area contributed by atoms with Gasteiger partial charge in [-0.25, -0.2) is 9.97 Å². The number of halogens is 1. The van der Waals surface area contributed by atoms with Crippen molar-refractivity contribution in [2.24, 2.45) is 0 Å². The van der Waals surface area contributed by atoms with Crippen LogP contribution in [0.4, 0.5) is 5.88 Å². The fourth-order valence-electron chi connectivity index (χ4n) is 1.84. The minimum Gasteiger partial charge on any atom is -0.367 e. The van der Waals surface area contributed by atoms with E-state index in [1.165, 1.54) is 6.33 Å². The van der Waals surface area contributed by atoms with Gasteiger partial charge in [-0.15, -0.1) is 0 Å². The second-order valence-electron chi connectivity index (χ2n) is 3.91. The van der Waals surface area contributed by atoms with Crippen LogP contribution in [0, 0.1) is 0 Å². The van der Waals surface area contributed by atoms with Gasteiger partial charge >= 0.3 is 0 Å². The highest BCUT2D eigenvalue weighted by molar-refractivity contribution is 9.10. The summed E-state index contributed by atoms with van der Waals surface area (Å²) in [7, 11) is 0. The molecule has 2 heterocycles. The highest BCUT2D eigenvalue weighted by Gasteiger charge is 2.17. The molecule has 0 unspecified atom stereocenters. The third-order valence-electron chi connectivity index (χ3n) is 2.67. The van der Waals surface area contributed by atoms with Crippen LogP contribution in [-0.2, 0) is 0 Å². The van der Waals surface area contributed by atoms with Crippen LogP contribution >= 0.6 is 15.9 Å². The topological polar surface area (TPSA) is 77.8 Å². The van der Waals surface area contributed by atoms with Gasteiger partial charge in [-0.1, -0.05) is 33.2 Å². The van der Waals surface area contributed by atoms with Gasteiger partial charge < -0.3 is 10.3 Å². The highest BCUT2D eigenvalue weighted by atomic mass is 79.9. The Kier molecular flexibility index (Phi) is 3.00. The lowest BCUT2D eigenvalue weighted by Gasteiger charge is -2.02. The van der Waals surface area contributed by atoms with Gasteiger partial charge in [-0.3, -0.25) is 0 Å². The largest absolute Gasteiger partial charge is 0.367 e. The molecule has 0 aliphatic carbocycles. The van der Waals surface area contributed by atoms with Gasteiger partial charge in [0.2, 0.25) is 5.88 Å². The average Bonchev–Trinajstić information content (AvgIpc) is 2.82. The van der Waals surface area contributed by atoms with Crippen LogP contribution in [0.25, 0.3) is 22.4 Å². The second kappa shape index (κ2) is 4.81. The first-order chi connectivity index (χ1) is 9.25. The standard InChI is InChI=1S/C13H9BrN4O/c14-10-3-1-2-8(4-10)11-12(18-19-13(11)15)9-5-16-7-17-6-9/h1-7H,15H2. The summed E-state index contributed by atoms with van der Waals surface area (Å²) in [6, 6.07) is 7.77. The molecule has 0 bridgehead atoms. The van der Waals surface area contributed by atoms with E-state index in [1.807, 2.05) is 24.3 Å². The van der Waals surface area contributed by atoms with Crippen LogP contribution < -0.4 is 5.73 Å². The summed E-state index contributed by atoms with van der Waals surface area (Å²) >= 11 is 3.44. The summed E-state index contributed by atoms with van der Waals surface area (Å²) < 4.78 is 6.06. The Balaban J connectivity index is 2.20. The van der Waals surface area contributed by atoms with E-state index in [4.69, 9.17) is 10.3 Å². The molecule has 94 valence electrons. The second-order valence-corrected chi connectivity index (χ2v) is 4.82. The van der Waals surface area contributed by atoms with Crippen LogP contribution in [0.2, 0.25) is 0 Å². The summed E-state index contributed by atoms with van der Waals surface area (Å²) in [6.45, 7) is 0. The van der Waals surface area contributed by atoms with Gasteiger partial charge in [0.1, 0.15) is 12.0 Å². The number of hydrogen-bond acceptors (Lipinski definition) is 5. The Hall–Kier alpha value is -2.21. The first-order valence-electron chi connectivity index (χ1n) is 5.52. The van der Waals surface area contributed by atoms with Crippen molar-refractivity contribution >= 4 is 21.8 Å². The number of nitrogens with zero attached hydrogens (tertiary/aromatic N) is 3. The molecule has 1 aromatic carbocycles. The van der Waals surface area contributed by atoms with Crippen molar-refractivity contribution < 1.29 is 4.52 Å². The van der Waals surface area contributed by atoms with E-state index < -0.39 is 0 Å². The molecule has 2 aromatic heterocycles. The number of nitrogens with two attached hydrogens (primary N) is 1. The smallest absolute Gasteiger partial charge is 0.230 e. The third kappa shape index (κ3) is 2.22. The van der Waals surface area contributed by atoms with Crippen molar-refractivity contribution in [1.29, 1.82) is 0 Å². The molecule has 0 fully saturated rings. The zero-order chi connectivity index (χ0) is 13.2. The van der Waals surface area contributed by atoms with Crippen molar-refractivity contribution in [1.82, 2.24) is 15.1 Å². The Labute approximate surface area is 117 Å². The number of nitrogen functional groups attached to an aromatic ring is 1. The first-order valence-corrected chi connectivity index (χ1v) is 6.31. The van der Waals surface area contributed by atoms with Crippen LogP contribution in [-0.4, -0.2) is 15.1 Å². The quantitative estimate of drug-likeness (QED) is 0.785. The van der Waals surface area contributed by atoms with Crippen molar-refractivity contribution in [3.8, 4) is 22.4 Å². The molecule has 0 atom stereocenters. The molecule has 6 heteroatoms. The molecular formula is C13H9BrN4O. The third-order valence-corrected chi connectivity index (χ3v) is 3.16. The van der Waals surface area contributed by atoms with Crippen LogP contribution in [0.5, 0.6) is 0 Å². The van der Waals surface area contributed by atoms with E-state index in [0.29, 0.717) is 5.69 Å². The fraction of sp³-hybridized carbons (Fsp3) is 0.